The Balaban J connectivity index is 1.49. The van der Waals surface area contributed by atoms with Crippen LogP contribution in [0.15, 0.2) is 47.4 Å². The molecule has 148 valence electrons. The molecule has 1 fully saturated rings. The normalized spacial score (nSPS) is 17.9. The molecule has 0 radical (unpaired) electrons. The van der Waals surface area contributed by atoms with Crippen LogP contribution < -0.4 is 18.5 Å². The Morgan fingerprint density at radius 3 is 2.43 bits per heavy atom. The lowest BCUT2D eigenvalue weighted by Gasteiger charge is -2.15. The van der Waals surface area contributed by atoms with Gasteiger partial charge in [0.15, 0.2) is 11.5 Å². The van der Waals surface area contributed by atoms with Gasteiger partial charge in [0.1, 0.15) is 0 Å². The predicted molar refractivity (Wildman–Crippen MR) is 98.9 cm³/mol. The van der Waals surface area contributed by atoms with Crippen LogP contribution in [0.4, 0.5) is 5.69 Å². The Labute approximate surface area is 162 Å². The molecule has 9 nitrogen and oxygen atoms in total. The Hall–Kier alpha value is -2.63. The minimum atomic E-state index is -3.83. The Kier molecular flexibility index (Phi) is 4.52. The van der Waals surface area contributed by atoms with Crippen LogP contribution in [0.5, 0.6) is 11.5 Å². The topological polar surface area (TPSA) is 119 Å². The molecular weight excluding hydrogens is 408 g/mol. The van der Waals surface area contributed by atoms with E-state index in [1.165, 1.54) is 24.3 Å². The van der Waals surface area contributed by atoms with Gasteiger partial charge in [0.05, 0.1) is 16.3 Å². The second-order valence-corrected chi connectivity index (χ2v) is 9.93. The van der Waals surface area contributed by atoms with E-state index in [1.54, 1.807) is 18.2 Å². The van der Waals surface area contributed by atoms with Gasteiger partial charge < -0.3 is 9.47 Å². The highest BCUT2D eigenvalue weighted by Crippen LogP contribution is 2.32. The van der Waals surface area contributed by atoms with Crippen LogP contribution in [0.25, 0.3) is 0 Å². The molecule has 28 heavy (non-hydrogen) atoms. The largest absolute Gasteiger partial charge is 0.454 e. The summed E-state index contributed by atoms with van der Waals surface area (Å²) in [6, 6.07) is 10.2. The lowest BCUT2D eigenvalue weighted by Crippen LogP contribution is -2.29. The van der Waals surface area contributed by atoms with Gasteiger partial charge in [-0.15, -0.1) is 0 Å². The minimum Gasteiger partial charge on any atom is -0.454 e. The molecule has 4 rings (SSSR count). The first-order valence-electron chi connectivity index (χ1n) is 8.30. The summed E-state index contributed by atoms with van der Waals surface area (Å²) in [6.45, 7) is 0.172. The highest BCUT2D eigenvalue weighted by atomic mass is 32.2. The molecule has 0 saturated carbocycles. The van der Waals surface area contributed by atoms with Crippen LogP contribution in [0.2, 0.25) is 0 Å². The van der Waals surface area contributed by atoms with E-state index in [9.17, 15) is 21.6 Å². The molecule has 0 bridgehead atoms. The molecule has 1 saturated heterocycles. The highest BCUT2D eigenvalue weighted by molar-refractivity contribution is 7.94. The zero-order valence-corrected chi connectivity index (χ0v) is 16.1. The van der Waals surface area contributed by atoms with Crippen molar-refractivity contribution in [3.05, 3.63) is 48.0 Å². The van der Waals surface area contributed by atoms with Gasteiger partial charge in [0.25, 0.3) is 0 Å². The number of amides is 1. The number of ether oxygens (including phenoxy) is 2. The summed E-state index contributed by atoms with van der Waals surface area (Å²) in [7, 11) is -7.52. The number of fused-ring (bicyclic) bond motifs is 1. The van der Waals surface area contributed by atoms with Gasteiger partial charge in [0.2, 0.25) is 32.7 Å². The summed E-state index contributed by atoms with van der Waals surface area (Å²) in [5.41, 5.74) is 0.815. The van der Waals surface area contributed by atoms with Crippen molar-refractivity contribution < 1.29 is 31.1 Å². The maximum Gasteiger partial charge on any atom is 0.242 e. The van der Waals surface area contributed by atoms with E-state index in [4.69, 9.17) is 9.47 Å². The van der Waals surface area contributed by atoms with Gasteiger partial charge >= 0.3 is 0 Å². The van der Waals surface area contributed by atoms with E-state index < -0.39 is 26.0 Å². The summed E-state index contributed by atoms with van der Waals surface area (Å²) >= 11 is 0. The monoisotopic (exact) mass is 424 g/mol. The average Bonchev–Trinajstić information content (AvgIpc) is 3.23. The SMILES string of the molecule is O=C1CCS(=O)(=O)N1c1ccc(S(=O)(=O)NCc2ccc3c(c2)OCO3)cc1. The highest BCUT2D eigenvalue weighted by Gasteiger charge is 2.36. The standard InChI is InChI=1S/C17H16N2O7S2/c20-17-7-8-27(21,22)19(17)13-2-4-14(5-3-13)28(23,24)18-10-12-1-6-15-16(9-12)26-11-25-15/h1-6,9,18H,7-8,10-11H2. The summed E-state index contributed by atoms with van der Waals surface area (Å²) in [5, 5.41) is 0. The molecule has 0 aliphatic carbocycles. The first-order chi connectivity index (χ1) is 13.3. The van der Waals surface area contributed by atoms with Crippen molar-refractivity contribution in [1.29, 1.82) is 0 Å². The molecule has 0 unspecified atom stereocenters. The van der Waals surface area contributed by atoms with Crippen LogP contribution >= 0.6 is 0 Å². The second kappa shape index (κ2) is 6.76. The minimum absolute atomic E-state index is 0.0407. The molecule has 1 N–H and O–H groups in total. The van der Waals surface area contributed by atoms with Gasteiger partial charge in [-0.25, -0.2) is 25.9 Å². The van der Waals surface area contributed by atoms with Crippen LogP contribution in [-0.2, 0) is 31.4 Å². The molecule has 0 atom stereocenters. The predicted octanol–water partition coefficient (Wildman–Crippen LogP) is 0.960. The van der Waals surface area contributed by atoms with E-state index in [0.29, 0.717) is 21.4 Å². The van der Waals surface area contributed by atoms with E-state index >= 15 is 0 Å². The summed E-state index contributed by atoms with van der Waals surface area (Å²) in [4.78, 5) is 11.8. The third kappa shape index (κ3) is 3.43. The molecule has 2 aromatic rings. The molecule has 2 aliphatic rings. The number of carbonyl (C=O) groups excluding carboxylic acids is 1. The van der Waals surface area contributed by atoms with Gasteiger partial charge in [-0.05, 0) is 42.0 Å². The van der Waals surface area contributed by atoms with Crippen LogP contribution in [0, 0.1) is 0 Å². The van der Waals surface area contributed by atoms with Crippen molar-refractivity contribution in [2.45, 2.75) is 17.9 Å². The van der Waals surface area contributed by atoms with Gasteiger partial charge in [-0.3, -0.25) is 4.79 Å². The average molecular weight is 424 g/mol. The third-order valence-electron chi connectivity index (χ3n) is 4.36. The molecule has 2 aromatic carbocycles. The number of hydrogen-bond acceptors (Lipinski definition) is 7. The molecule has 0 spiro atoms. The number of sulfonamides is 2. The number of nitrogens with one attached hydrogen (secondary N) is 1. The van der Waals surface area contributed by atoms with Crippen LogP contribution in [0.1, 0.15) is 12.0 Å². The van der Waals surface area contributed by atoms with Crippen LogP contribution in [0.3, 0.4) is 0 Å². The zero-order valence-electron chi connectivity index (χ0n) is 14.5. The Morgan fingerprint density at radius 1 is 1.04 bits per heavy atom. The van der Waals surface area contributed by atoms with Gasteiger partial charge in [-0.2, -0.15) is 0 Å². The quantitative estimate of drug-likeness (QED) is 0.759. The molecule has 1 amide bonds. The number of nitrogens with zero attached hydrogens (tertiary/aromatic N) is 1. The fourth-order valence-corrected chi connectivity index (χ4v) is 5.42. The van der Waals surface area contributed by atoms with E-state index in [-0.39, 0.29) is 36.1 Å². The molecule has 2 heterocycles. The number of benzene rings is 2. The maximum absolute atomic E-state index is 12.5. The first-order valence-corrected chi connectivity index (χ1v) is 11.4. The molecule has 2 aliphatic heterocycles. The number of anilines is 1. The summed E-state index contributed by atoms with van der Waals surface area (Å²) in [6.07, 6.45) is -0.0839. The third-order valence-corrected chi connectivity index (χ3v) is 7.47. The van der Waals surface area contributed by atoms with Crippen LogP contribution in [-0.4, -0.2) is 35.3 Å². The smallest absolute Gasteiger partial charge is 0.242 e. The van der Waals surface area contributed by atoms with Crippen molar-refractivity contribution in [3.8, 4) is 11.5 Å². The van der Waals surface area contributed by atoms with E-state index in [0.717, 1.165) is 0 Å². The van der Waals surface area contributed by atoms with E-state index in [1.807, 2.05) is 0 Å². The van der Waals surface area contributed by atoms with Crippen molar-refractivity contribution in [2.24, 2.45) is 0 Å². The second-order valence-electron chi connectivity index (χ2n) is 6.23. The van der Waals surface area contributed by atoms with Crippen molar-refractivity contribution in [1.82, 2.24) is 4.72 Å². The molecule has 0 aromatic heterocycles. The zero-order chi connectivity index (χ0) is 19.9. The van der Waals surface area contributed by atoms with E-state index in [2.05, 4.69) is 4.72 Å². The van der Waals surface area contributed by atoms with Crippen molar-refractivity contribution >= 4 is 31.6 Å². The number of carbonyl (C=O) groups is 1. The lowest BCUT2D eigenvalue weighted by molar-refractivity contribution is -0.116. The first kappa shape index (κ1) is 18.7. The maximum atomic E-state index is 12.5. The fourth-order valence-electron chi connectivity index (χ4n) is 2.94. The summed E-state index contributed by atoms with van der Waals surface area (Å²) in [5.74, 6) is 0.380. The molecule has 11 heteroatoms. The van der Waals surface area contributed by atoms with Gasteiger partial charge in [-0.1, -0.05) is 6.07 Å². The summed E-state index contributed by atoms with van der Waals surface area (Å²) < 4.78 is 62.6. The Bertz CT molecular complexity index is 1140. The fraction of sp³-hybridized carbons (Fsp3) is 0.235. The molecular formula is C17H16N2O7S2. The lowest BCUT2D eigenvalue weighted by atomic mass is 10.2. The van der Waals surface area contributed by atoms with Gasteiger partial charge in [0, 0.05) is 13.0 Å². The number of hydrogen-bond donors (Lipinski definition) is 1. The van der Waals surface area contributed by atoms with Crippen molar-refractivity contribution in [3.63, 3.8) is 0 Å². The number of rotatable bonds is 5. The Morgan fingerprint density at radius 2 is 1.75 bits per heavy atom. The van der Waals surface area contributed by atoms with Crippen molar-refractivity contribution in [2.75, 3.05) is 16.9 Å².